The number of hydrogen-bond acceptors (Lipinski definition) is 6. The van der Waals surface area contributed by atoms with Crippen LogP contribution in [0.1, 0.15) is 175 Å². The first-order valence-corrected chi connectivity index (χ1v) is 21.7. The number of carbonyl (C=O) groups excluding carboxylic acids is 3. The van der Waals surface area contributed by atoms with E-state index in [0.717, 1.165) is 89.9 Å². The number of unbranched alkanes of at least 4 members (excludes halogenated alkanes) is 11. The monoisotopic (exact) mass is 763 g/mol. The van der Waals surface area contributed by atoms with Crippen molar-refractivity contribution in [1.82, 2.24) is 0 Å². The molecule has 0 fully saturated rings. The standard InChI is InChI=1S/C49H78O6/c1-4-7-10-13-16-19-21-23-24-26-27-30-33-36-39-42-48(51)54-45-46(44-53-47(50)41-38-35-32-29-18-15-12-9-6-3)55-49(52)43-40-37-34-31-28-25-22-20-17-14-11-8-5-2/h7-8,10-11,16-17,19-20,23-25,27-28,30,36,39,46H,4-6,9,12-15,18,21-22,26,29,31-35,37-38,40-45H2,1-3H3/b10-7-,11-8-,19-16-,20-17-,24-23-,28-25-,30-27-,39-36-. The molecule has 0 saturated carbocycles. The average Bonchev–Trinajstić information content (AvgIpc) is 3.18. The van der Waals surface area contributed by atoms with Gasteiger partial charge in [-0.1, -0.05) is 176 Å². The average molecular weight is 763 g/mol. The third-order valence-corrected chi connectivity index (χ3v) is 8.62. The third-order valence-electron chi connectivity index (χ3n) is 8.62. The summed E-state index contributed by atoms with van der Waals surface area (Å²) in [5, 5.41) is 0. The van der Waals surface area contributed by atoms with Gasteiger partial charge in [0.2, 0.25) is 0 Å². The molecular weight excluding hydrogens is 685 g/mol. The molecule has 0 aromatic carbocycles. The van der Waals surface area contributed by atoms with Gasteiger partial charge in [0.15, 0.2) is 6.10 Å². The second-order valence-corrected chi connectivity index (χ2v) is 13.9. The van der Waals surface area contributed by atoms with Crippen molar-refractivity contribution in [2.24, 2.45) is 0 Å². The fourth-order valence-corrected chi connectivity index (χ4v) is 5.41. The molecule has 0 spiro atoms. The largest absolute Gasteiger partial charge is 0.462 e. The van der Waals surface area contributed by atoms with Crippen molar-refractivity contribution in [3.63, 3.8) is 0 Å². The first kappa shape index (κ1) is 51.3. The lowest BCUT2D eigenvalue weighted by molar-refractivity contribution is -0.166. The van der Waals surface area contributed by atoms with Crippen molar-refractivity contribution >= 4 is 17.9 Å². The predicted molar refractivity (Wildman–Crippen MR) is 233 cm³/mol. The number of rotatable bonds is 37. The number of allylic oxidation sites excluding steroid dienone is 15. The summed E-state index contributed by atoms with van der Waals surface area (Å²) in [6.45, 7) is 6.24. The molecule has 6 heteroatoms. The maximum atomic E-state index is 12.7. The lowest BCUT2D eigenvalue weighted by Gasteiger charge is -2.18. The molecule has 0 amide bonds. The van der Waals surface area contributed by atoms with Crippen LogP contribution in [-0.4, -0.2) is 37.2 Å². The van der Waals surface area contributed by atoms with Crippen molar-refractivity contribution < 1.29 is 28.6 Å². The molecule has 0 aliphatic rings. The smallest absolute Gasteiger partial charge is 0.309 e. The van der Waals surface area contributed by atoms with E-state index >= 15 is 0 Å². The van der Waals surface area contributed by atoms with E-state index in [9.17, 15) is 14.4 Å². The summed E-state index contributed by atoms with van der Waals surface area (Å²) in [7, 11) is 0. The Kier molecular flexibility index (Phi) is 40.2. The summed E-state index contributed by atoms with van der Waals surface area (Å²) in [5.41, 5.74) is 0. The highest BCUT2D eigenvalue weighted by Gasteiger charge is 2.19. The van der Waals surface area contributed by atoms with Gasteiger partial charge in [-0.2, -0.15) is 0 Å². The minimum absolute atomic E-state index is 0.119. The Morgan fingerprint density at radius 2 is 0.782 bits per heavy atom. The molecule has 6 nitrogen and oxygen atoms in total. The van der Waals surface area contributed by atoms with Gasteiger partial charge in [0.1, 0.15) is 13.2 Å². The molecule has 1 unspecified atom stereocenters. The number of hydrogen-bond donors (Lipinski definition) is 0. The van der Waals surface area contributed by atoms with E-state index < -0.39 is 12.1 Å². The minimum atomic E-state index is -0.828. The molecule has 0 aromatic heterocycles. The van der Waals surface area contributed by atoms with Crippen LogP contribution in [0.25, 0.3) is 0 Å². The first-order valence-electron chi connectivity index (χ1n) is 21.7. The van der Waals surface area contributed by atoms with E-state index in [1.807, 2.05) is 6.08 Å². The van der Waals surface area contributed by atoms with Gasteiger partial charge in [0.05, 0.1) is 6.42 Å². The zero-order valence-corrected chi connectivity index (χ0v) is 35.1. The van der Waals surface area contributed by atoms with Crippen LogP contribution >= 0.6 is 0 Å². The van der Waals surface area contributed by atoms with E-state index in [2.05, 4.69) is 106 Å². The fourth-order valence-electron chi connectivity index (χ4n) is 5.41. The van der Waals surface area contributed by atoms with E-state index in [1.54, 1.807) is 6.08 Å². The van der Waals surface area contributed by atoms with E-state index in [0.29, 0.717) is 12.8 Å². The Bertz CT molecular complexity index is 1150. The summed E-state index contributed by atoms with van der Waals surface area (Å²) in [5.74, 6) is -1.10. The lowest BCUT2D eigenvalue weighted by Crippen LogP contribution is -2.30. The zero-order chi connectivity index (χ0) is 40.1. The fraction of sp³-hybridized carbons (Fsp3) is 0.612. The number of ether oxygens (including phenoxy) is 3. The Labute approximate surface area is 337 Å². The Hall–Kier alpha value is -3.67. The highest BCUT2D eigenvalue weighted by molar-refractivity contribution is 5.72. The van der Waals surface area contributed by atoms with Crippen LogP contribution in [0.3, 0.4) is 0 Å². The summed E-state index contributed by atoms with van der Waals surface area (Å²) < 4.78 is 16.5. The maximum Gasteiger partial charge on any atom is 0.309 e. The van der Waals surface area contributed by atoms with Gasteiger partial charge >= 0.3 is 17.9 Å². The molecule has 0 saturated heterocycles. The zero-order valence-electron chi connectivity index (χ0n) is 35.1. The molecule has 0 heterocycles. The topological polar surface area (TPSA) is 78.9 Å². The van der Waals surface area contributed by atoms with Gasteiger partial charge in [-0.05, 0) is 77.0 Å². The molecule has 0 N–H and O–H groups in total. The van der Waals surface area contributed by atoms with Crippen molar-refractivity contribution in [3.05, 3.63) is 97.2 Å². The Morgan fingerprint density at radius 1 is 0.400 bits per heavy atom. The van der Waals surface area contributed by atoms with Crippen LogP contribution in [0.2, 0.25) is 0 Å². The molecular formula is C49H78O6. The molecule has 0 bridgehead atoms. The van der Waals surface area contributed by atoms with Gasteiger partial charge in [0.25, 0.3) is 0 Å². The molecule has 1 atom stereocenters. The molecule has 0 aromatic rings. The molecule has 0 aliphatic carbocycles. The van der Waals surface area contributed by atoms with Crippen LogP contribution in [0.4, 0.5) is 0 Å². The second kappa shape index (κ2) is 43.1. The predicted octanol–water partition coefficient (Wildman–Crippen LogP) is 13.9. The molecule has 55 heavy (non-hydrogen) atoms. The van der Waals surface area contributed by atoms with Crippen molar-refractivity contribution in [1.29, 1.82) is 0 Å². The van der Waals surface area contributed by atoms with Gasteiger partial charge in [-0.25, -0.2) is 0 Å². The number of esters is 3. The van der Waals surface area contributed by atoms with Gasteiger partial charge in [0, 0.05) is 12.8 Å². The highest BCUT2D eigenvalue weighted by atomic mass is 16.6. The molecule has 0 radical (unpaired) electrons. The summed E-state index contributed by atoms with van der Waals surface area (Å²) in [4.78, 5) is 37.6. The van der Waals surface area contributed by atoms with Crippen LogP contribution in [0.5, 0.6) is 0 Å². The number of carbonyl (C=O) groups is 3. The van der Waals surface area contributed by atoms with Crippen LogP contribution < -0.4 is 0 Å². The maximum absolute atomic E-state index is 12.7. The summed E-state index contributed by atoms with van der Waals surface area (Å²) in [6.07, 6.45) is 55.6. The van der Waals surface area contributed by atoms with E-state index in [-0.39, 0.29) is 38.0 Å². The quantitative estimate of drug-likeness (QED) is 0.0271. The SMILES string of the molecule is CC/C=C\C/C=C\C/C=C\C/C=C\C/C=C\CC(=O)OCC(COC(=O)CCCCCCCCCCC)OC(=O)CCCCC/C=C\C/C=C\C/C=C\CC. The molecule has 0 aliphatic heterocycles. The van der Waals surface area contributed by atoms with Gasteiger partial charge < -0.3 is 14.2 Å². The Balaban J connectivity index is 4.57. The summed E-state index contributed by atoms with van der Waals surface area (Å²) in [6, 6.07) is 0. The third kappa shape index (κ3) is 41.3. The normalized spacial score (nSPS) is 13.0. The van der Waals surface area contributed by atoms with E-state index in [1.165, 1.54) is 38.5 Å². The van der Waals surface area contributed by atoms with Gasteiger partial charge in [-0.3, -0.25) is 14.4 Å². The molecule has 310 valence electrons. The first-order chi connectivity index (χ1) is 27.0. The van der Waals surface area contributed by atoms with E-state index in [4.69, 9.17) is 14.2 Å². The second-order valence-electron chi connectivity index (χ2n) is 13.9. The molecule has 0 rings (SSSR count). The van der Waals surface area contributed by atoms with Crippen LogP contribution in [0, 0.1) is 0 Å². The van der Waals surface area contributed by atoms with Crippen molar-refractivity contribution in [2.75, 3.05) is 13.2 Å². The van der Waals surface area contributed by atoms with Crippen molar-refractivity contribution in [2.45, 2.75) is 181 Å². The Morgan fingerprint density at radius 3 is 1.27 bits per heavy atom. The van der Waals surface area contributed by atoms with Crippen LogP contribution in [0.15, 0.2) is 97.2 Å². The highest BCUT2D eigenvalue weighted by Crippen LogP contribution is 2.12. The summed E-state index contributed by atoms with van der Waals surface area (Å²) >= 11 is 0. The lowest BCUT2D eigenvalue weighted by atomic mass is 10.1. The minimum Gasteiger partial charge on any atom is -0.462 e. The van der Waals surface area contributed by atoms with Crippen molar-refractivity contribution in [3.8, 4) is 0 Å². The van der Waals surface area contributed by atoms with Crippen LogP contribution in [-0.2, 0) is 28.6 Å². The van der Waals surface area contributed by atoms with Gasteiger partial charge in [-0.15, -0.1) is 0 Å².